The maximum atomic E-state index is 12.7. The van der Waals surface area contributed by atoms with E-state index >= 15 is 0 Å². The Kier molecular flexibility index (Phi) is 5.34. The monoisotopic (exact) mass is 401 g/mol. The van der Waals surface area contributed by atoms with Gasteiger partial charge in [-0.05, 0) is 43.2 Å². The molecule has 0 aliphatic carbocycles. The zero-order valence-corrected chi connectivity index (χ0v) is 17.2. The van der Waals surface area contributed by atoms with E-state index in [0.717, 1.165) is 30.2 Å². The van der Waals surface area contributed by atoms with Gasteiger partial charge in [-0.3, -0.25) is 4.90 Å². The van der Waals surface area contributed by atoms with Gasteiger partial charge in [0.1, 0.15) is 17.6 Å². The number of nitrogens with zero attached hydrogens (tertiary/aromatic N) is 1. The van der Waals surface area contributed by atoms with Crippen LogP contribution in [0.15, 0.2) is 48.5 Å². The third-order valence-electron chi connectivity index (χ3n) is 5.88. The van der Waals surface area contributed by atoms with Crippen molar-refractivity contribution in [3.8, 4) is 11.5 Å². The fourth-order valence-electron chi connectivity index (χ4n) is 4.32. The van der Waals surface area contributed by atoms with Crippen molar-refractivity contribution in [1.29, 1.82) is 0 Å². The summed E-state index contributed by atoms with van der Waals surface area (Å²) in [5, 5.41) is -0.338. The lowest BCUT2D eigenvalue weighted by atomic mass is 9.98. The molecule has 0 aromatic heterocycles. The van der Waals surface area contributed by atoms with E-state index in [1.807, 2.05) is 55.5 Å². The van der Waals surface area contributed by atoms with E-state index < -0.39 is 9.84 Å². The molecule has 0 radical (unpaired) electrons. The van der Waals surface area contributed by atoms with Gasteiger partial charge < -0.3 is 9.47 Å². The van der Waals surface area contributed by atoms with E-state index in [9.17, 15) is 8.42 Å². The normalized spacial score (nSPS) is 26.6. The van der Waals surface area contributed by atoms with Gasteiger partial charge in [0, 0.05) is 25.6 Å². The van der Waals surface area contributed by atoms with Gasteiger partial charge in [0.15, 0.2) is 9.84 Å². The number of ether oxygens (including phenoxy) is 2. The molecule has 2 saturated heterocycles. The molecular formula is C22H27NO4S. The first-order valence-corrected chi connectivity index (χ1v) is 11.5. The summed E-state index contributed by atoms with van der Waals surface area (Å²) in [6, 6.07) is 15.9. The van der Waals surface area contributed by atoms with Crippen molar-refractivity contribution in [2.45, 2.75) is 31.2 Å². The number of fused-ring (bicyclic) bond motifs is 1. The van der Waals surface area contributed by atoms with Crippen molar-refractivity contribution >= 4 is 9.84 Å². The Bertz CT molecular complexity index is 909. The van der Waals surface area contributed by atoms with Crippen molar-refractivity contribution in [2.75, 3.05) is 26.0 Å². The zero-order chi connectivity index (χ0) is 19.7. The van der Waals surface area contributed by atoms with Crippen LogP contribution in [0.5, 0.6) is 11.5 Å². The lowest BCUT2D eigenvalue weighted by Crippen LogP contribution is -2.46. The van der Waals surface area contributed by atoms with Crippen LogP contribution < -0.4 is 9.47 Å². The van der Waals surface area contributed by atoms with Crippen LogP contribution in [0, 0.1) is 12.8 Å². The highest BCUT2D eigenvalue weighted by molar-refractivity contribution is 7.92. The third kappa shape index (κ3) is 4.03. The number of likely N-dealkylation sites (tertiary alicyclic amines) is 1. The molecule has 2 fully saturated rings. The molecule has 0 unspecified atom stereocenters. The Labute approximate surface area is 167 Å². The molecule has 0 spiro atoms. The number of benzene rings is 2. The number of methoxy groups -OCH3 is 1. The first-order chi connectivity index (χ1) is 13.4. The highest BCUT2D eigenvalue weighted by atomic mass is 32.2. The largest absolute Gasteiger partial charge is 0.497 e. The second-order valence-electron chi connectivity index (χ2n) is 7.87. The third-order valence-corrected chi connectivity index (χ3v) is 8.11. The summed E-state index contributed by atoms with van der Waals surface area (Å²) >= 11 is 0. The summed E-state index contributed by atoms with van der Waals surface area (Å²) in [5.74, 6) is 1.87. The summed E-state index contributed by atoms with van der Waals surface area (Å²) < 4.78 is 36.8. The molecule has 3 atom stereocenters. The first kappa shape index (κ1) is 19.3. The van der Waals surface area contributed by atoms with Crippen molar-refractivity contribution in [3.63, 3.8) is 0 Å². The molecule has 2 aromatic carbocycles. The SMILES string of the molecule is COc1ccc(CN2C[C@@H]3[C@H](Oc4ccc(C)cc4)CCS(=O)(=O)[C@H]3C2)cc1. The summed E-state index contributed by atoms with van der Waals surface area (Å²) in [5.41, 5.74) is 2.34. The molecule has 28 heavy (non-hydrogen) atoms. The van der Waals surface area contributed by atoms with E-state index in [1.165, 1.54) is 5.56 Å². The molecule has 6 heteroatoms. The first-order valence-electron chi connectivity index (χ1n) is 9.75. The Morgan fingerprint density at radius 3 is 2.36 bits per heavy atom. The van der Waals surface area contributed by atoms with Gasteiger partial charge in [0.2, 0.25) is 0 Å². The number of sulfone groups is 1. The van der Waals surface area contributed by atoms with Crippen molar-refractivity contribution in [2.24, 2.45) is 5.92 Å². The molecule has 2 aliphatic heterocycles. The van der Waals surface area contributed by atoms with Crippen molar-refractivity contribution in [3.05, 3.63) is 59.7 Å². The van der Waals surface area contributed by atoms with Gasteiger partial charge in [-0.15, -0.1) is 0 Å². The topological polar surface area (TPSA) is 55.8 Å². The Morgan fingerprint density at radius 2 is 1.68 bits per heavy atom. The zero-order valence-electron chi connectivity index (χ0n) is 16.4. The van der Waals surface area contributed by atoms with Gasteiger partial charge in [-0.1, -0.05) is 29.8 Å². The molecule has 0 bridgehead atoms. The van der Waals surface area contributed by atoms with Crippen LogP contribution >= 0.6 is 0 Å². The Balaban J connectivity index is 1.48. The Morgan fingerprint density at radius 1 is 1.00 bits per heavy atom. The number of hydrogen-bond donors (Lipinski definition) is 0. The van der Waals surface area contributed by atoms with Gasteiger partial charge in [0.25, 0.3) is 0 Å². The molecule has 150 valence electrons. The van der Waals surface area contributed by atoms with Crippen LogP contribution in [0.1, 0.15) is 17.5 Å². The molecule has 0 N–H and O–H groups in total. The van der Waals surface area contributed by atoms with E-state index in [1.54, 1.807) is 7.11 Å². The molecule has 2 heterocycles. The Hall–Kier alpha value is -2.05. The number of hydrogen-bond acceptors (Lipinski definition) is 5. The van der Waals surface area contributed by atoms with Crippen molar-refractivity contribution in [1.82, 2.24) is 4.90 Å². The van der Waals surface area contributed by atoms with Gasteiger partial charge in [0.05, 0.1) is 18.1 Å². The highest BCUT2D eigenvalue weighted by Gasteiger charge is 2.49. The van der Waals surface area contributed by atoms with Crippen LogP contribution in [0.3, 0.4) is 0 Å². The molecular weight excluding hydrogens is 374 g/mol. The second-order valence-corrected chi connectivity index (χ2v) is 10.2. The van der Waals surface area contributed by atoms with E-state index in [4.69, 9.17) is 9.47 Å². The summed E-state index contributed by atoms with van der Waals surface area (Å²) in [7, 11) is -1.42. The predicted molar refractivity (Wildman–Crippen MR) is 110 cm³/mol. The quantitative estimate of drug-likeness (QED) is 0.771. The summed E-state index contributed by atoms with van der Waals surface area (Å²) in [6.07, 6.45) is 0.505. The lowest BCUT2D eigenvalue weighted by molar-refractivity contribution is 0.126. The van der Waals surface area contributed by atoms with Crippen LogP contribution in [-0.4, -0.2) is 50.6 Å². The molecule has 4 rings (SSSR count). The van der Waals surface area contributed by atoms with E-state index in [0.29, 0.717) is 13.0 Å². The van der Waals surface area contributed by atoms with Crippen LogP contribution in [0.4, 0.5) is 0 Å². The van der Waals surface area contributed by atoms with E-state index in [-0.39, 0.29) is 23.0 Å². The second kappa shape index (κ2) is 7.76. The number of aryl methyl sites for hydroxylation is 1. The maximum Gasteiger partial charge on any atom is 0.155 e. The number of rotatable bonds is 5. The molecule has 0 amide bonds. The minimum Gasteiger partial charge on any atom is -0.497 e. The maximum absolute atomic E-state index is 12.7. The smallest absolute Gasteiger partial charge is 0.155 e. The fraction of sp³-hybridized carbons (Fsp3) is 0.455. The molecule has 5 nitrogen and oxygen atoms in total. The van der Waals surface area contributed by atoms with Gasteiger partial charge >= 0.3 is 0 Å². The fourth-order valence-corrected chi connectivity index (χ4v) is 6.41. The van der Waals surface area contributed by atoms with Gasteiger partial charge in [-0.2, -0.15) is 0 Å². The van der Waals surface area contributed by atoms with Crippen LogP contribution in [-0.2, 0) is 16.4 Å². The minimum atomic E-state index is -3.07. The van der Waals surface area contributed by atoms with Crippen LogP contribution in [0.2, 0.25) is 0 Å². The molecule has 2 aromatic rings. The average Bonchev–Trinajstić information content (AvgIpc) is 3.12. The van der Waals surface area contributed by atoms with Gasteiger partial charge in [-0.25, -0.2) is 8.42 Å². The van der Waals surface area contributed by atoms with Crippen LogP contribution in [0.25, 0.3) is 0 Å². The summed E-state index contributed by atoms with van der Waals surface area (Å²) in [4.78, 5) is 2.24. The van der Waals surface area contributed by atoms with Crippen molar-refractivity contribution < 1.29 is 17.9 Å². The predicted octanol–water partition coefficient (Wildman–Crippen LogP) is 3.07. The van der Waals surface area contributed by atoms with E-state index in [2.05, 4.69) is 4.90 Å². The molecule has 0 saturated carbocycles. The lowest BCUT2D eigenvalue weighted by Gasteiger charge is -2.33. The highest BCUT2D eigenvalue weighted by Crippen LogP contribution is 2.36. The average molecular weight is 402 g/mol. The minimum absolute atomic E-state index is 0.0123. The molecule has 2 aliphatic rings. The standard InChI is InChI=1S/C22H27NO4S/c1-16-3-7-19(8-4-16)27-21-11-12-28(24,25)22-15-23(14-20(21)22)13-17-5-9-18(26-2)10-6-17/h3-10,20-22H,11-15H2,1-2H3/t20-,21-,22+/m1/s1. The summed E-state index contributed by atoms with van der Waals surface area (Å²) in [6.45, 7) is 4.10.